The second-order valence-electron chi connectivity index (χ2n) is 5.04. The van der Waals surface area contributed by atoms with E-state index in [1.54, 1.807) is 13.0 Å². The van der Waals surface area contributed by atoms with Crippen molar-refractivity contribution in [3.8, 4) is 0 Å². The Morgan fingerprint density at radius 3 is 2.75 bits per heavy atom. The van der Waals surface area contributed by atoms with Crippen LogP contribution >= 0.6 is 0 Å². The number of aliphatic hydroxyl groups is 1. The number of carbonyl (C=O) groups excluding carboxylic acids is 1. The molecule has 20 heavy (non-hydrogen) atoms. The Balaban J connectivity index is 2.35. The van der Waals surface area contributed by atoms with E-state index in [0.717, 1.165) is 0 Å². The van der Waals surface area contributed by atoms with Gasteiger partial charge in [0, 0.05) is 25.3 Å². The SMILES string of the molecule is Cc1ccc(S(=O)(=O)N2CCC(CO)C2)cc1C(N)=O. The van der Waals surface area contributed by atoms with Gasteiger partial charge in [-0.3, -0.25) is 4.79 Å². The van der Waals surface area contributed by atoms with Gasteiger partial charge in [-0.15, -0.1) is 0 Å². The molecule has 1 aromatic carbocycles. The lowest BCUT2D eigenvalue weighted by Gasteiger charge is -2.17. The second kappa shape index (κ2) is 5.51. The highest BCUT2D eigenvalue weighted by Gasteiger charge is 2.32. The van der Waals surface area contributed by atoms with Crippen LogP contribution in [0, 0.1) is 12.8 Å². The third-order valence-electron chi connectivity index (χ3n) is 3.62. The molecule has 3 N–H and O–H groups in total. The molecule has 0 bridgehead atoms. The van der Waals surface area contributed by atoms with Crippen molar-refractivity contribution < 1.29 is 18.3 Å². The Labute approximate surface area is 118 Å². The zero-order chi connectivity index (χ0) is 14.9. The van der Waals surface area contributed by atoms with E-state index in [2.05, 4.69) is 0 Å². The Hall–Kier alpha value is -1.44. The number of nitrogens with zero attached hydrogens (tertiary/aromatic N) is 1. The summed E-state index contributed by atoms with van der Waals surface area (Å²) in [7, 11) is -3.64. The predicted molar refractivity (Wildman–Crippen MR) is 73.6 cm³/mol. The molecule has 110 valence electrons. The van der Waals surface area contributed by atoms with Crippen LogP contribution in [0.25, 0.3) is 0 Å². The molecule has 1 unspecified atom stereocenters. The van der Waals surface area contributed by atoms with Crippen molar-refractivity contribution in [3.05, 3.63) is 29.3 Å². The molecular weight excluding hydrogens is 280 g/mol. The van der Waals surface area contributed by atoms with Crippen LogP contribution in [-0.2, 0) is 10.0 Å². The van der Waals surface area contributed by atoms with Gasteiger partial charge in [-0.2, -0.15) is 4.31 Å². The van der Waals surface area contributed by atoms with Crippen LogP contribution in [0.4, 0.5) is 0 Å². The summed E-state index contributed by atoms with van der Waals surface area (Å²) in [4.78, 5) is 11.4. The quantitative estimate of drug-likeness (QED) is 0.823. The number of hydrogen-bond donors (Lipinski definition) is 2. The lowest BCUT2D eigenvalue weighted by molar-refractivity contribution is 0.0999. The number of nitrogens with two attached hydrogens (primary N) is 1. The largest absolute Gasteiger partial charge is 0.396 e. The van der Waals surface area contributed by atoms with E-state index in [-0.39, 0.29) is 23.0 Å². The van der Waals surface area contributed by atoms with Gasteiger partial charge in [-0.25, -0.2) is 8.42 Å². The number of rotatable bonds is 4. The van der Waals surface area contributed by atoms with Crippen molar-refractivity contribution >= 4 is 15.9 Å². The molecule has 1 fully saturated rings. The Kier molecular flexibility index (Phi) is 4.12. The van der Waals surface area contributed by atoms with E-state index in [0.29, 0.717) is 25.1 Å². The fraction of sp³-hybridized carbons (Fsp3) is 0.462. The predicted octanol–water partition coefficient (Wildman–Crippen LogP) is 0.0968. The minimum absolute atomic E-state index is 0.0214. The van der Waals surface area contributed by atoms with E-state index < -0.39 is 15.9 Å². The number of aryl methyl sites for hydroxylation is 1. The molecule has 1 aromatic rings. The van der Waals surface area contributed by atoms with Crippen LogP contribution in [0.5, 0.6) is 0 Å². The third kappa shape index (κ3) is 2.70. The van der Waals surface area contributed by atoms with E-state index in [1.807, 2.05) is 0 Å². The minimum atomic E-state index is -3.64. The van der Waals surface area contributed by atoms with Crippen molar-refractivity contribution in [2.24, 2.45) is 11.7 Å². The molecular formula is C13H18N2O4S. The third-order valence-corrected chi connectivity index (χ3v) is 5.48. The number of primary amides is 1. The van der Waals surface area contributed by atoms with Gasteiger partial charge in [0.25, 0.3) is 0 Å². The molecule has 1 aliphatic heterocycles. The zero-order valence-electron chi connectivity index (χ0n) is 11.2. The second-order valence-corrected chi connectivity index (χ2v) is 6.98. The highest BCUT2D eigenvalue weighted by Crippen LogP contribution is 2.25. The smallest absolute Gasteiger partial charge is 0.249 e. The molecule has 1 amide bonds. The normalized spacial score (nSPS) is 20.2. The summed E-state index contributed by atoms with van der Waals surface area (Å²) in [5.74, 6) is -0.667. The van der Waals surface area contributed by atoms with Crippen molar-refractivity contribution in [2.45, 2.75) is 18.2 Å². The van der Waals surface area contributed by atoms with E-state index >= 15 is 0 Å². The van der Waals surface area contributed by atoms with Crippen LogP contribution in [0.1, 0.15) is 22.3 Å². The maximum Gasteiger partial charge on any atom is 0.249 e. The van der Waals surface area contributed by atoms with Crippen LogP contribution < -0.4 is 5.73 Å². The molecule has 0 saturated carbocycles. The van der Waals surface area contributed by atoms with Gasteiger partial charge in [0.05, 0.1) is 4.90 Å². The summed E-state index contributed by atoms with van der Waals surface area (Å²) in [6.45, 7) is 2.37. The first-order valence-electron chi connectivity index (χ1n) is 6.37. The average Bonchev–Trinajstić information content (AvgIpc) is 2.88. The molecule has 0 aromatic heterocycles. The van der Waals surface area contributed by atoms with Crippen molar-refractivity contribution in [2.75, 3.05) is 19.7 Å². The van der Waals surface area contributed by atoms with Crippen LogP contribution in [0.2, 0.25) is 0 Å². The Morgan fingerprint density at radius 2 is 2.20 bits per heavy atom. The average molecular weight is 298 g/mol. The number of amides is 1. The Bertz CT molecular complexity index is 627. The molecule has 6 nitrogen and oxygen atoms in total. The molecule has 1 heterocycles. The monoisotopic (exact) mass is 298 g/mol. The molecule has 1 aliphatic rings. The van der Waals surface area contributed by atoms with Crippen molar-refractivity contribution in [1.29, 1.82) is 0 Å². The van der Waals surface area contributed by atoms with Gasteiger partial charge in [0.1, 0.15) is 0 Å². The van der Waals surface area contributed by atoms with Crippen LogP contribution in [-0.4, -0.2) is 43.4 Å². The highest BCUT2D eigenvalue weighted by molar-refractivity contribution is 7.89. The van der Waals surface area contributed by atoms with E-state index in [4.69, 9.17) is 10.8 Å². The molecule has 7 heteroatoms. The van der Waals surface area contributed by atoms with E-state index in [9.17, 15) is 13.2 Å². The van der Waals surface area contributed by atoms with Crippen LogP contribution in [0.3, 0.4) is 0 Å². The summed E-state index contributed by atoms with van der Waals surface area (Å²) in [5, 5.41) is 9.09. The number of hydrogen-bond acceptors (Lipinski definition) is 4. The fourth-order valence-corrected chi connectivity index (χ4v) is 3.90. The summed E-state index contributed by atoms with van der Waals surface area (Å²) in [6.07, 6.45) is 0.643. The van der Waals surface area contributed by atoms with Gasteiger partial charge < -0.3 is 10.8 Å². The summed E-state index contributed by atoms with van der Waals surface area (Å²) >= 11 is 0. The number of carbonyl (C=O) groups is 1. The number of sulfonamides is 1. The zero-order valence-corrected chi connectivity index (χ0v) is 12.1. The minimum Gasteiger partial charge on any atom is -0.396 e. The van der Waals surface area contributed by atoms with Gasteiger partial charge in [-0.05, 0) is 37.0 Å². The van der Waals surface area contributed by atoms with E-state index in [1.165, 1.54) is 16.4 Å². The van der Waals surface area contributed by atoms with Gasteiger partial charge >= 0.3 is 0 Å². The molecule has 0 aliphatic carbocycles. The number of benzene rings is 1. The first-order chi connectivity index (χ1) is 9.36. The first kappa shape index (κ1) is 15.0. The standard InChI is InChI=1S/C13H18N2O4S/c1-9-2-3-11(6-12(9)13(14)17)20(18,19)15-5-4-10(7-15)8-16/h2-3,6,10,16H,4-5,7-8H2,1H3,(H2,14,17). The Morgan fingerprint density at radius 1 is 1.50 bits per heavy atom. The lowest BCUT2D eigenvalue weighted by Crippen LogP contribution is -2.29. The van der Waals surface area contributed by atoms with Crippen LogP contribution in [0.15, 0.2) is 23.1 Å². The summed E-state index contributed by atoms with van der Waals surface area (Å²) in [6, 6.07) is 4.37. The highest BCUT2D eigenvalue weighted by atomic mass is 32.2. The topological polar surface area (TPSA) is 101 Å². The van der Waals surface area contributed by atoms with Gasteiger partial charge in [-0.1, -0.05) is 6.07 Å². The maximum atomic E-state index is 12.5. The first-order valence-corrected chi connectivity index (χ1v) is 7.81. The van der Waals surface area contributed by atoms with Crippen molar-refractivity contribution in [1.82, 2.24) is 4.31 Å². The summed E-state index contributed by atoms with van der Waals surface area (Å²) < 4.78 is 26.3. The molecule has 2 rings (SSSR count). The summed E-state index contributed by atoms with van der Waals surface area (Å²) in [5.41, 5.74) is 6.10. The molecule has 0 spiro atoms. The number of aliphatic hydroxyl groups excluding tert-OH is 1. The molecule has 1 atom stereocenters. The molecule has 0 radical (unpaired) electrons. The fourth-order valence-electron chi connectivity index (χ4n) is 2.34. The van der Waals surface area contributed by atoms with Gasteiger partial charge in [0.15, 0.2) is 0 Å². The maximum absolute atomic E-state index is 12.5. The lowest BCUT2D eigenvalue weighted by atomic mass is 10.1. The van der Waals surface area contributed by atoms with Gasteiger partial charge in [0.2, 0.25) is 15.9 Å². The molecule has 1 saturated heterocycles. The van der Waals surface area contributed by atoms with Crippen molar-refractivity contribution in [3.63, 3.8) is 0 Å².